The quantitative estimate of drug-likeness (QED) is 0.797. The smallest absolute Gasteiger partial charge is 0.0702 e. The second kappa shape index (κ2) is 7.18. The lowest BCUT2D eigenvalue weighted by atomic mass is 9.89. The average Bonchev–Trinajstić information content (AvgIpc) is 2.69. The summed E-state index contributed by atoms with van der Waals surface area (Å²) in [6.45, 7) is 3.27. The summed E-state index contributed by atoms with van der Waals surface area (Å²) in [6.07, 6.45) is 4.68. The molecule has 1 aliphatic carbocycles. The van der Waals surface area contributed by atoms with Gasteiger partial charge in [0.1, 0.15) is 0 Å². The molecule has 0 aromatic carbocycles. The zero-order valence-corrected chi connectivity index (χ0v) is 13.8. The Balaban J connectivity index is 2.17. The van der Waals surface area contributed by atoms with Crippen molar-refractivity contribution in [2.45, 2.75) is 50.7 Å². The van der Waals surface area contributed by atoms with Crippen molar-refractivity contribution < 1.29 is 5.11 Å². The van der Waals surface area contributed by atoms with Crippen LogP contribution < -0.4 is 5.73 Å². The average molecular weight is 347 g/mol. The van der Waals surface area contributed by atoms with Crippen molar-refractivity contribution in [3.05, 3.63) is 20.8 Å². The Kier molecular flexibility index (Phi) is 5.84. The van der Waals surface area contributed by atoms with Crippen LogP contribution in [0.15, 0.2) is 15.9 Å². The van der Waals surface area contributed by atoms with Crippen molar-refractivity contribution in [3.63, 3.8) is 0 Å². The minimum absolute atomic E-state index is 0.102. The van der Waals surface area contributed by atoms with Crippen LogP contribution in [0.4, 0.5) is 0 Å². The molecule has 0 amide bonds. The fraction of sp³-hybridized carbons (Fsp3) is 0.714. The van der Waals surface area contributed by atoms with Crippen molar-refractivity contribution in [2.75, 3.05) is 13.2 Å². The SMILES string of the molecule is CC(N)C(c1ccc(Br)s1)N(CCCO)C1CCC1. The highest BCUT2D eigenvalue weighted by Crippen LogP contribution is 2.37. The molecule has 1 aromatic rings. The van der Waals surface area contributed by atoms with E-state index in [2.05, 4.69) is 39.9 Å². The molecule has 1 aromatic heterocycles. The maximum Gasteiger partial charge on any atom is 0.0702 e. The fourth-order valence-corrected chi connectivity index (χ4v) is 4.39. The maximum absolute atomic E-state index is 9.12. The van der Waals surface area contributed by atoms with E-state index in [4.69, 9.17) is 10.8 Å². The summed E-state index contributed by atoms with van der Waals surface area (Å²) in [5.41, 5.74) is 6.25. The summed E-state index contributed by atoms with van der Waals surface area (Å²) in [5, 5.41) is 9.12. The predicted molar refractivity (Wildman–Crippen MR) is 84.5 cm³/mol. The van der Waals surface area contributed by atoms with Gasteiger partial charge in [-0.1, -0.05) is 6.42 Å². The summed E-state index contributed by atoms with van der Waals surface area (Å²) in [7, 11) is 0. The molecule has 0 bridgehead atoms. The van der Waals surface area contributed by atoms with E-state index in [0.717, 1.165) is 16.8 Å². The summed E-state index contributed by atoms with van der Waals surface area (Å²) < 4.78 is 1.16. The molecule has 1 fully saturated rings. The molecule has 1 heterocycles. The minimum atomic E-state index is 0.102. The molecule has 2 rings (SSSR count). The van der Waals surface area contributed by atoms with Gasteiger partial charge in [-0.2, -0.15) is 0 Å². The summed E-state index contributed by atoms with van der Waals surface area (Å²) in [5.74, 6) is 0. The number of hydrogen-bond acceptors (Lipinski definition) is 4. The number of aliphatic hydroxyl groups is 1. The highest BCUT2D eigenvalue weighted by Gasteiger charge is 2.33. The number of aliphatic hydroxyl groups excluding tert-OH is 1. The standard InChI is InChI=1S/C14H23BrN2OS/c1-10(16)14(12-6-7-13(15)19-12)17(8-3-9-18)11-4-2-5-11/h6-7,10-11,14,18H,2-5,8-9,16H2,1H3. The fourth-order valence-electron chi connectivity index (χ4n) is 2.73. The van der Waals surface area contributed by atoms with Crippen LogP contribution in [0.3, 0.4) is 0 Å². The number of halogens is 1. The van der Waals surface area contributed by atoms with Gasteiger partial charge in [-0.15, -0.1) is 11.3 Å². The number of nitrogens with two attached hydrogens (primary N) is 1. The van der Waals surface area contributed by atoms with Crippen molar-refractivity contribution in [2.24, 2.45) is 5.73 Å². The molecule has 0 saturated heterocycles. The third-order valence-electron chi connectivity index (χ3n) is 3.86. The van der Waals surface area contributed by atoms with E-state index in [-0.39, 0.29) is 18.7 Å². The van der Waals surface area contributed by atoms with Crippen LogP contribution in [0.2, 0.25) is 0 Å². The van der Waals surface area contributed by atoms with Crippen molar-refractivity contribution in [3.8, 4) is 0 Å². The Hall–Kier alpha value is 0.0600. The van der Waals surface area contributed by atoms with Crippen LogP contribution in [-0.4, -0.2) is 35.2 Å². The molecule has 2 unspecified atom stereocenters. The molecule has 3 N–H and O–H groups in total. The molecule has 0 radical (unpaired) electrons. The second-order valence-corrected chi connectivity index (χ2v) is 7.84. The van der Waals surface area contributed by atoms with Gasteiger partial charge in [-0.3, -0.25) is 4.90 Å². The Labute approximate surface area is 127 Å². The van der Waals surface area contributed by atoms with E-state index >= 15 is 0 Å². The lowest BCUT2D eigenvalue weighted by molar-refractivity contribution is 0.0629. The van der Waals surface area contributed by atoms with Gasteiger partial charge in [0, 0.05) is 30.1 Å². The summed E-state index contributed by atoms with van der Waals surface area (Å²) >= 11 is 5.31. The molecule has 5 heteroatoms. The Morgan fingerprint density at radius 3 is 2.68 bits per heavy atom. The first-order valence-corrected chi connectivity index (χ1v) is 8.62. The van der Waals surface area contributed by atoms with Gasteiger partial charge in [-0.25, -0.2) is 0 Å². The zero-order valence-electron chi connectivity index (χ0n) is 11.4. The van der Waals surface area contributed by atoms with E-state index in [0.29, 0.717) is 6.04 Å². The van der Waals surface area contributed by atoms with Crippen LogP contribution in [-0.2, 0) is 0 Å². The van der Waals surface area contributed by atoms with Crippen molar-refractivity contribution in [1.82, 2.24) is 4.90 Å². The topological polar surface area (TPSA) is 49.5 Å². The lowest BCUT2D eigenvalue weighted by Gasteiger charge is -2.43. The van der Waals surface area contributed by atoms with Crippen LogP contribution in [0.1, 0.15) is 43.5 Å². The summed E-state index contributed by atoms with van der Waals surface area (Å²) in [4.78, 5) is 3.84. The Bertz CT molecular complexity index is 393. The van der Waals surface area contributed by atoms with Gasteiger partial charge in [0.05, 0.1) is 9.83 Å². The van der Waals surface area contributed by atoms with Gasteiger partial charge in [-0.05, 0) is 54.2 Å². The molecule has 108 valence electrons. The third kappa shape index (κ3) is 3.79. The van der Waals surface area contributed by atoms with Gasteiger partial charge >= 0.3 is 0 Å². The van der Waals surface area contributed by atoms with E-state index in [9.17, 15) is 0 Å². The van der Waals surface area contributed by atoms with Crippen LogP contribution >= 0.6 is 27.3 Å². The molecule has 1 saturated carbocycles. The maximum atomic E-state index is 9.12. The zero-order chi connectivity index (χ0) is 13.8. The molecule has 0 spiro atoms. The first-order chi connectivity index (χ1) is 9.13. The second-order valence-electron chi connectivity index (χ2n) is 5.35. The minimum Gasteiger partial charge on any atom is -0.396 e. The van der Waals surface area contributed by atoms with E-state index in [1.54, 1.807) is 11.3 Å². The van der Waals surface area contributed by atoms with E-state index in [1.807, 2.05) is 0 Å². The molecule has 19 heavy (non-hydrogen) atoms. The molecule has 2 atom stereocenters. The van der Waals surface area contributed by atoms with E-state index < -0.39 is 0 Å². The van der Waals surface area contributed by atoms with Gasteiger partial charge < -0.3 is 10.8 Å². The Morgan fingerprint density at radius 1 is 1.53 bits per heavy atom. The monoisotopic (exact) mass is 346 g/mol. The molecule has 3 nitrogen and oxygen atoms in total. The Morgan fingerprint density at radius 2 is 2.26 bits per heavy atom. The third-order valence-corrected chi connectivity index (χ3v) is 5.55. The highest BCUT2D eigenvalue weighted by molar-refractivity contribution is 9.11. The van der Waals surface area contributed by atoms with E-state index in [1.165, 1.54) is 24.1 Å². The van der Waals surface area contributed by atoms with Crippen molar-refractivity contribution >= 4 is 27.3 Å². The number of hydrogen-bond donors (Lipinski definition) is 2. The van der Waals surface area contributed by atoms with Crippen LogP contribution in [0.5, 0.6) is 0 Å². The van der Waals surface area contributed by atoms with Gasteiger partial charge in [0.15, 0.2) is 0 Å². The van der Waals surface area contributed by atoms with Crippen LogP contribution in [0.25, 0.3) is 0 Å². The number of thiophene rings is 1. The molecule has 0 aliphatic heterocycles. The molecular weight excluding hydrogens is 324 g/mol. The van der Waals surface area contributed by atoms with Crippen LogP contribution in [0, 0.1) is 0 Å². The molecular formula is C14H23BrN2OS. The largest absolute Gasteiger partial charge is 0.396 e. The first-order valence-electron chi connectivity index (χ1n) is 7.01. The normalized spacial score (nSPS) is 19.4. The number of nitrogens with zero attached hydrogens (tertiary/aromatic N) is 1. The van der Waals surface area contributed by atoms with Gasteiger partial charge in [0.25, 0.3) is 0 Å². The first kappa shape index (κ1) is 15.4. The lowest BCUT2D eigenvalue weighted by Crippen LogP contribution is -2.48. The van der Waals surface area contributed by atoms with Gasteiger partial charge in [0.2, 0.25) is 0 Å². The highest BCUT2D eigenvalue weighted by atomic mass is 79.9. The molecule has 1 aliphatic rings. The summed E-state index contributed by atoms with van der Waals surface area (Å²) in [6, 6.07) is 5.29. The predicted octanol–water partition coefficient (Wildman–Crippen LogP) is 3.14. The number of rotatable bonds is 7. The van der Waals surface area contributed by atoms with Crippen molar-refractivity contribution in [1.29, 1.82) is 0 Å².